The monoisotopic (exact) mass is 272 g/mol. The van der Waals surface area contributed by atoms with Crippen LogP contribution in [0.1, 0.15) is 78.1 Å². The number of ether oxygens (including phenoxy) is 1. The molecular weight excluding hydrogens is 240 g/mol. The number of carbonyl (C=O) groups excluding carboxylic acids is 1. The molecule has 0 rings (SSSR count). The summed E-state index contributed by atoms with van der Waals surface area (Å²) >= 11 is 0. The van der Waals surface area contributed by atoms with Gasteiger partial charge in [-0.1, -0.05) is 65.2 Å². The van der Waals surface area contributed by atoms with E-state index < -0.39 is 12.1 Å². The lowest BCUT2D eigenvalue weighted by Crippen LogP contribution is -2.30. The number of methoxy groups -OCH3 is 1. The summed E-state index contributed by atoms with van der Waals surface area (Å²) in [4.78, 5) is 11.4. The first-order chi connectivity index (χ1) is 9.17. The molecule has 0 aliphatic heterocycles. The summed E-state index contributed by atoms with van der Waals surface area (Å²) in [5.41, 5.74) is 0. The molecule has 0 aromatic carbocycles. The number of unbranched alkanes of at least 4 members (excludes halogenated alkanes) is 6. The van der Waals surface area contributed by atoms with Gasteiger partial charge in [-0.25, -0.2) is 4.79 Å². The molecule has 0 amide bonds. The Balaban J connectivity index is 4.05. The summed E-state index contributed by atoms with van der Waals surface area (Å²) in [6.45, 7) is 4.37. The number of hydrogen-bond acceptors (Lipinski definition) is 3. The molecule has 19 heavy (non-hydrogen) atoms. The van der Waals surface area contributed by atoms with E-state index in [1.807, 2.05) is 0 Å². The maximum absolute atomic E-state index is 11.4. The molecule has 0 heterocycles. The first kappa shape index (κ1) is 18.4. The molecule has 0 saturated heterocycles. The van der Waals surface area contributed by atoms with Crippen LogP contribution < -0.4 is 0 Å². The molecule has 0 aromatic rings. The van der Waals surface area contributed by atoms with E-state index in [0.717, 1.165) is 32.1 Å². The summed E-state index contributed by atoms with van der Waals surface area (Å²) in [5, 5.41) is 10.0. The Labute approximate surface area is 118 Å². The minimum atomic E-state index is -0.937. The lowest BCUT2D eigenvalue weighted by molar-refractivity contribution is -0.153. The molecule has 0 spiro atoms. The number of aliphatic hydroxyl groups excluding tert-OH is 1. The second kappa shape index (κ2) is 12.5. The van der Waals surface area contributed by atoms with E-state index in [1.165, 1.54) is 39.2 Å². The molecule has 0 fully saturated rings. The highest BCUT2D eigenvalue weighted by molar-refractivity contribution is 5.74. The average Bonchev–Trinajstić information content (AvgIpc) is 2.43. The van der Waals surface area contributed by atoms with Gasteiger partial charge in [-0.05, 0) is 18.8 Å². The lowest BCUT2D eigenvalue weighted by atomic mass is 9.90. The highest BCUT2D eigenvalue weighted by atomic mass is 16.5. The molecule has 3 nitrogen and oxygen atoms in total. The van der Waals surface area contributed by atoms with Crippen molar-refractivity contribution in [2.45, 2.75) is 84.2 Å². The molecule has 0 saturated carbocycles. The maximum Gasteiger partial charge on any atom is 0.334 e. The largest absolute Gasteiger partial charge is 0.467 e. The zero-order valence-corrected chi connectivity index (χ0v) is 13.0. The van der Waals surface area contributed by atoms with Crippen molar-refractivity contribution in [2.75, 3.05) is 7.11 Å². The zero-order chi connectivity index (χ0) is 14.5. The highest BCUT2D eigenvalue weighted by Gasteiger charge is 2.25. The van der Waals surface area contributed by atoms with Crippen LogP contribution in [0.5, 0.6) is 0 Å². The van der Waals surface area contributed by atoms with Crippen molar-refractivity contribution < 1.29 is 14.6 Å². The van der Waals surface area contributed by atoms with Crippen LogP contribution in [0.4, 0.5) is 0 Å². The van der Waals surface area contributed by atoms with Crippen molar-refractivity contribution >= 4 is 5.97 Å². The van der Waals surface area contributed by atoms with Crippen LogP contribution in [0.2, 0.25) is 0 Å². The zero-order valence-electron chi connectivity index (χ0n) is 13.0. The summed E-state index contributed by atoms with van der Waals surface area (Å²) in [6, 6.07) is 0. The van der Waals surface area contributed by atoms with Gasteiger partial charge in [-0.15, -0.1) is 0 Å². The normalized spacial score (nSPS) is 14.1. The van der Waals surface area contributed by atoms with E-state index in [9.17, 15) is 9.90 Å². The van der Waals surface area contributed by atoms with Gasteiger partial charge in [0.25, 0.3) is 0 Å². The number of esters is 1. The average molecular weight is 272 g/mol. The quantitative estimate of drug-likeness (QED) is 0.430. The molecule has 0 radical (unpaired) electrons. The lowest BCUT2D eigenvalue weighted by Gasteiger charge is -2.21. The van der Waals surface area contributed by atoms with E-state index in [2.05, 4.69) is 18.6 Å². The van der Waals surface area contributed by atoms with E-state index in [-0.39, 0.29) is 5.92 Å². The van der Waals surface area contributed by atoms with Gasteiger partial charge in [0.2, 0.25) is 0 Å². The number of aliphatic hydroxyl groups is 1. The van der Waals surface area contributed by atoms with Crippen LogP contribution in [0, 0.1) is 5.92 Å². The van der Waals surface area contributed by atoms with Crippen LogP contribution in [0.3, 0.4) is 0 Å². The van der Waals surface area contributed by atoms with Crippen LogP contribution in [0.15, 0.2) is 0 Å². The molecule has 0 aliphatic carbocycles. The predicted octanol–water partition coefficient (Wildman–Crippen LogP) is 4.08. The minimum Gasteiger partial charge on any atom is -0.467 e. The fraction of sp³-hybridized carbons (Fsp3) is 0.938. The van der Waals surface area contributed by atoms with Crippen molar-refractivity contribution in [3.05, 3.63) is 0 Å². The van der Waals surface area contributed by atoms with Crippen molar-refractivity contribution in [3.8, 4) is 0 Å². The van der Waals surface area contributed by atoms with Gasteiger partial charge in [0.1, 0.15) is 0 Å². The first-order valence-electron chi connectivity index (χ1n) is 7.93. The predicted molar refractivity (Wildman–Crippen MR) is 79.0 cm³/mol. The van der Waals surface area contributed by atoms with Gasteiger partial charge in [0, 0.05) is 0 Å². The second-order valence-corrected chi connectivity index (χ2v) is 5.43. The molecule has 114 valence electrons. The van der Waals surface area contributed by atoms with Crippen LogP contribution in [0.25, 0.3) is 0 Å². The molecule has 1 N–H and O–H groups in total. The van der Waals surface area contributed by atoms with Crippen molar-refractivity contribution in [3.63, 3.8) is 0 Å². The van der Waals surface area contributed by atoms with Gasteiger partial charge >= 0.3 is 5.97 Å². The van der Waals surface area contributed by atoms with Crippen molar-refractivity contribution in [1.29, 1.82) is 0 Å². The molecule has 0 aliphatic rings. The van der Waals surface area contributed by atoms with E-state index >= 15 is 0 Å². The van der Waals surface area contributed by atoms with Gasteiger partial charge in [-0.3, -0.25) is 0 Å². The molecule has 2 unspecified atom stereocenters. The van der Waals surface area contributed by atoms with E-state index in [1.54, 1.807) is 0 Å². The Bertz CT molecular complexity index is 216. The molecule has 0 aromatic heterocycles. The number of carbonyl (C=O) groups is 1. The Morgan fingerprint density at radius 2 is 1.42 bits per heavy atom. The maximum atomic E-state index is 11.4. The van der Waals surface area contributed by atoms with Crippen LogP contribution >= 0.6 is 0 Å². The fourth-order valence-electron chi connectivity index (χ4n) is 2.44. The van der Waals surface area contributed by atoms with Gasteiger partial charge < -0.3 is 9.84 Å². The Morgan fingerprint density at radius 1 is 0.947 bits per heavy atom. The smallest absolute Gasteiger partial charge is 0.334 e. The van der Waals surface area contributed by atoms with Gasteiger partial charge in [0.15, 0.2) is 6.10 Å². The minimum absolute atomic E-state index is 0.0700. The van der Waals surface area contributed by atoms with Crippen molar-refractivity contribution in [1.82, 2.24) is 0 Å². The third-order valence-corrected chi connectivity index (χ3v) is 3.75. The SMILES string of the molecule is CCCCCCCC(CCCCC)C(O)C(=O)OC. The first-order valence-corrected chi connectivity index (χ1v) is 7.93. The topological polar surface area (TPSA) is 46.5 Å². The Kier molecular flexibility index (Phi) is 12.1. The summed E-state index contributed by atoms with van der Waals surface area (Å²) < 4.78 is 4.66. The van der Waals surface area contributed by atoms with Crippen LogP contribution in [-0.4, -0.2) is 24.3 Å². The van der Waals surface area contributed by atoms with Crippen LogP contribution in [-0.2, 0) is 9.53 Å². The number of hydrogen-bond donors (Lipinski definition) is 1. The Morgan fingerprint density at radius 3 is 1.95 bits per heavy atom. The standard InChI is InChI=1S/C16H32O3/c1-4-6-8-9-11-13-14(12-10-7-5-2)15(17)16(18)19-3/h14-15,17H,4-13H2,1-3H3. The number of rotatable bonds is 12. The fourth-order valence-corrected chi connectivity index (χ4v) is 2.44. The van der Waals surface area contributed by atoms with Crippen molar-refractivity contribution in [2.24, 2.45) is 5.92 Å². The summed E-state index contributed by atoms with van der Waals surface area (Å²) in [7, 11) is 1.34. The Hall–Kier alpha value is -0.570. The molecule has 2 atom stereocenters. The second-order valence-electron chi connectivity index (χ2n) is 5.43. The highest BCUT2D eigenvalue weighted by Crippen LogP contribution is 2.22. The third kappa shape index (κ3) is 9.04. The summed E-state index contributed by atoms with van der Waals surface area (Å²) in [5.74, 6) is -0.407. The molecular formula is C16H32O3. The van der Waals surface area contributed by atoms with E-state index in [4.69, 9.17) is 0 Å². The van der Waals surface area contributed by atoms with E-state index in [0.29, 0.717) is 0 Å². The summed E-state index contributed by atoms with van der Waals surface area (Å²) in [6.07, 6.45) is 10.4. The molecule has 0 bridgehead atoms. The molecule has 3 heteroatoms. The third-order valence-electron chi connectivity index (χ3n) is 3.75. The van der Waals surface area contributed by atoms with Gasteiger partial charge in [-0.2, -0.15) is 0 Å². The van der Waals surface area contributed by atoms with Gasteiger partial charge in [0.05, 0.1) is 7.11 Å².